The van der Waals surface area contributed by atoms with E-state index in [2.05, 4.69) is 20.6 Å². The second kappa shape index (κ2) is 8.39. The Kier molecular flexibility index (Phi) is 6.24. The summed E-state index contributed by atoms with van der Waals surface area (Å²) in [5, 5.41) is 14.7. The number of nitrogens with one attached hydrogen (secondary N) is 1. The highest BCUT2D eigenvalue weighted by atomic mass is 35.5. The first-order valence-corrected chi connectivity index (χ1v) is 8.11. The second-order valence-electron chi connectivity index (χ2n) is 5.46. The van der Waals surface area contributed by atoms with Gasteiger partial charge in [0.25, 0.3) is 5.56 Å². The molecule has 0 bridgehead atoms. The maximum atomic E-state index is 11.3. The van der Waals surface area contributed by atoms with E-state index in [1.807, 2.05) is 20.8 Å². The minimum atomic E-state index is -0.142. The maximum absolute atomic E-state index is 11.3. The molecule has 0 aromatic carbocycles. The molecule has 0 aliphatic rings. The Hall–Kier alpha value is -2.74. The highest BCUT2D eigenvalue weighted by Gasteiger charge is 2.09. The Bertz CT molecular complexity index is 918. The molecule has 0 fully saturated rings. The lowest BCUT2D eigenvalue weighted by atomic mass is 10.1. The lowest BCUT2D eigenvalue weighted by molar-refractivity contribution is -0.105. The van der Waals surface area contributed by atoms with Crippen LogP contribution < -0.4 is 10.9 Å². The van der Waals surface area contributed by atoms with E-state index in [1.165, 1.54) is 10.7 Å². The van der Waals surface area contributed by atoms with Crippen molar-refractivity contribution in [3.8, 4) is 0 Å². The van der Waals surface area contributed by atoms with Crippen LogP contribution in [0.15, 0.2) is 35.5 Å². The highest BCUT2D eigenvalue weighted by Crippen LogP contribution is 2.19. The average molecular weight is 363 g/mol. The Morgan fingerprint density at radius 2 is 2.12 bits per heavy atom. The van der Waals surface area contributed by atoms with Crippen molar-refractivity contribution in [3.63, 3.8) is 0 Å². The largest absolute Gasteiger partial charge is 0.327 e. The van der Waals surface area contributed by atoms with Crippen LogP contribution in [0, 0.1) is 0 Å². The van der Waals surface area contributed by atoms with E-state index in [1.54, 1.807) is 29.1 Å². The number of amides is 1. The summed E-state index contributed by atoms with van der Waals surface area (Å²) in [5.41, 5.74) is 2.11. The van der Waals surface area contributed by atoms with Crippen molar-refractivity contribution in [3.05, 3.63) is 51.8 Å². The lowest BCUT2D eigenvalue weighted by Crippen LogP contribution is -2.23. The van der Waals surface area contributed by atoms with Crippen LogP contribution in [0.25, 0.3) is 5.65 Å². The number of pyridine rings is 1. The van der Waals surface area contributed by atoms with Crippen LogP contribution in [0.3, 0.4) is 0 Å². The van der Waals surface area contributed by atoms with Gasteiger partial charge in [0.2, 0.25) is 6.41 Å². The standard InChI is InChI=1S/C9H13ClN2O.C7H6N4O/c1-4-12-8(13)5-7(10)9(11-12)6(2)3;12-5-8-6-1-2-7-10-9-4-11(7)3-6/h5-6H,4H2,1-3H3;1-5H,(H,8,12). The minimum Gasteiger partial charge on any atom is -0.327 e. The van der Waals surface area contributed by atoms with Crippen molar-refractivity contribution in [1.82, 2.24) is 24.4 Å². The number of nitrogens with zero attached hydrogens (tertiary/aromatic N) is 5. The molecular formula is C16H19ClN6O2. The number of hydrogen-bond donors (Lipinski definition) is 1. The molecule has 3 heterocycles. The molecule has 1 amide bonds. The predicted molar refractivity (Wildman–Crippen MR) is 95.9 cm³/mol. The molecule has 0 aliphatic heterocycles. The van der Waals surface area contributed by atoms with Crippen molar-refractivity contribution in [2.45, 2.75) is 33.2 Å². The number of aryl methyl sites for hydroxylation is 1. The van der Waals surface area contributed by atoms with E-state index in [-0.39, 0.29) is 11.5 Å². The van der Waals surface area contributed by atoms with Crippen molar-refractivity contribution in [2.24, 2.45) is 0 Å². The van der Waals surface area contributed by atoms with E-state index in [9.17, 15) is 9.59 Å². The Labute approximate surface area is 149 Å². The van der Waals surface area contributed by atoms with Crippen LogP contribution in [-0.4, -0.2) is 30.8 Å². The third kappa shape index (κ3) is 4.63. The molecule has 3 rings (SSSR count). The number of halogens is 1. The van der Waals surface area contributed by atoms with Crippen LogP contribution >= 0.6 is 11.6 Å². The van der Waals surface area contributed by atoms with Crippen LogP contribution in [0.1, 0.15) is 32.4 Å². The first-order chi connectivity index (χ1) is 12.0. The van der Waals surface area contributed by atoms with Crippen molar-refractivity contribution >= 4 is 29.3 Å². The van der Waals surface area contributed by atoms with Gasteiger partial charge in [-0.2, -0.15) is 5.10 Å². The van der Waals surface area contributed by atoms with E-state index in [4.69, 9.17) is 11.6 Å². The molecule has 1 N–H and O–H groups in total. The van der Waals surface area contributed by atoms with Gasteiger partial charge in [-0.25, -0.2) is 4.68 Å². The molecule has 25 heavy (non-hydrogen) atoms. The summed E-state index contributed by atoms with van der Waals surface area (Å²) >= 11 is 5.88. The molecule has 132 valence electrons. The first kappa shape index (κ1) is 18.6. The van der Waals surface area contributed by atoms with E-state index in [0.717, 1.165) is 17.0 Å². The van der Waals surface area contributed by atoms with Crippen molar-refractivity contribution < 1.29 is 4.79 Å². The van der Waals surface area contributed by atoms with E-state index < -0.39 is 0 Å². The van der Waals surface area contributed by atoms with Crippen LogP contribution in [0.4, 0.5) is 5.69 Å². The van der Waals surface area contributed by atoms with Gasteiger partial charge in [-0.15, -0.1) is 10.2 Å². The fraction of sp³-hybridized carbons (Fsp3) is 0.312. The molecule has 0 spiro atoms. The van der Waals surface area contributed by atoms with Crippen molar-refractivity contribution in [1.29, 1.82) is 0 Å². The van der Waals surface area contributed by atoms with Gasteiger partial charge in [0.15, 0.2) is 5.65 Å². The van der Waals surface area contributed by atoms with Gasteiger partial charge in [-0.05, 0) is 25.0 Å². The highest BCUT2D eigenvalue weighted by molar-refractivity contribution is 6.31. The summed E-state index contributed by atoms with van der Waals surface area (Å²) in [7, 11) is 0. The van der Waals surface area contributed by atoms with Gasteiger partial charge >= 0.3 is 0 Å². The molecule has 9 heteroatoms. The fourth-order valence-electron chi connectivity index (χ4n) is 2.08. The summed E-state index contributed by atoms with van der Waals surface area (Å²) in [5.74, 6) is 0.242. The number of aromatic nitrogens is 5. The normalized spacial score (nSPS) is 10.4. The minimum absolute atomic E-state index is 0.142. The Morgan fingerprint density at radius 1 is 1.36 bits per heavy atom. The van der Waals surface area contributed by atoms with E-state index in [0.29, 0.717) is 18.0 Å². The van der Waals surface area contributed by atoms with Gasteiger partial charge in [0.1, 0.15) is 6.33 Å². The second-order valence-corrected chi connectivity index (χ2v) is 5.87. The Balaban J connectivity index is 0.000000181. The molecule has 0 atom stereocenters. The monoisotopic (exact) mass is 362 g/mol. The fourth-order valence-corrected chi connectivity index (χ4v) is 2.43. The average Bonchev–Trinajstić information content (AvgIpc) is 3.03. The zero-order valence-corrected chi connectivity index (χ0v) is 14.9. The molecule has 0 saturated carbocycles. The summed E-state index contributed by atoms with van der Waals surface area (Å²) in [4.78, 5) is 21.4. The summed E-state index contributed by atoms with van der Waals surface area (Å²) in [6.07, 6.45) is 3.95. The SMILES string of the molecule is CCn1nc(C(C)C)c(Cl)cc1=O.O=CNc1ccc2nncn2c1. The molecule has 0 radical (unpaired) electrons. The molecule has 8 nitrogen and oxygen atoms in total. The molecule has 3 aromatic rings. The smallest absolute Gasteiger partial charge is 0.268 e. The topological polar surface area (TPSA) is 94.2 Å². The molecule has 3 aromatic heterocycles. The lowest BCUT2D eigenvalue weighted by Gasteiger charge is -2.08. The maximum Gasteiger partial charge on any atom is 0.268 e. The van der Waals surface area contributed by atoms with Crippen LogP contribution in [-0.2, 0) is 11.3 Å². The number of hydrogen-bond acceptors (Lipinski definition) is 5. The zero-order valence-electron chi connectivity index (χ0n) is 14.2. The van der Waals surface area contributed by atoms with Gasteiger partial charge in [0, 0.05) is 18.8 Å². The molecule has 0 unspecified atom stereocenters. The van der Waals surface area contributed by atoms with Crippen LogP contribution in [0.5, 0.6) is 0 Å². The quantitative estimate of drug-likeness (QED) is 0.719. The van der Waals surface area contributed by atoms with Crippen molar-refractivity contribution in [2.75, 3.05) is 5.32 Å². The molecular weight excluding hydrogens is 344 g/mol. The van der Waals surface area contributed by atoms with Gasteiger partial charge in [-0.3, -0.25) is 14.0 Å². The summed E-state index contributed by atoms with van der Waals surface area (Å²) < 4.78 is 3.15. The molecule has 0 aliphatic carbocycles. The number of carbonyl (C=O) groups is 1. The van der Waals surface area contributed by atoms with E-state index >= 15 is 0 Å². The number of anilines is 1. The Morgan fingerprint density at radius 3 is 2.76 bits per heavy atom. The summed E-state index contributed by atoms with van der Waals surface area (Å²) in [6, 6.07) is 4.96. The van der Waals surface area contributed by atoms with Gasteiger partial charge < -0.3 is 5.32 Å². The summed E-state index contributed by atoms with van der Waals surface area (Å²) in [6.45, 7) is 6.46. The first-order valence-electron chi connectivity index (χ1n) is 7.73. The predicted octanol–water partition coefficient (Wildman–Crippen LogP) is 2.34. The number of carbonyl (C=O) groups excluding carboxylic acids is 1. The number of rotatable bonds is 4. The third-order valence-corrected chi connectivity index (χ3v) is 3.64. The van der Waals surface area contributed by atoms with Gasteiger partial charge in [-0.1, -0.05) is 25.4 Å². The van der Waals surface area contributed by atoms with Crippen LogP contribution in [0.2, 0.25) is 5.02 Å². The zero-order chi connectivity index (χ0) is 18.4. The number of fused-ring (bicyclic) bond motifs is 1. The molecule has 0 saturated heterocycles. The van der Waals surface area contributed by atoms with Gasteiger partial charge in [0.05, 0.1) is 16.4 Å². The third-order valence-electron chi connectivity index (χ3n) is 3.34.